The van der Waals surface area contributed by atoms with Crippen LogP contribution in [0.4, 0.5) is 0 Å². The van der Waals surface area contributed by atoms with Crippen LogP contribution in [0, 0.1) is 28.6 Å². The molecule has 0 radical (unpaired) electrons. The van der Waals surface area contributed by atoms with Gasteiger partial charge in [0.2, 0.25) is 17.7 Å². The van der Waals surface area contributed by atoms with Crippen molar-refractivity contribution in [3.8, 4) is 0 Å². The number of hydrogen-bond acceptors (Lipinski definition) is 10. The Bertz CT molecular complexity index is 1660. The van der Waals surface area contributed by atoms with Gasteiger partial charge in [-0.2, -0.15) is 0 Å². The first-order valence-corrected chi connectivity index (χ1v) is 20.0. The van der Waals surface area contributed by atoms with E-state index in [0.717, 1.165) is 35.7 Å². The zero-order chi connectivity index (χ0) is 40.6. The zero-order valence-corrected chi connectivity index (χ0v) is 34.9. The van der Waals surface area contributed by atoms with Gasteiger partial charge in [-0.15, -0.1) is 4.91 Å². The summed E-state index contributed by atoms with van der Waals surface area (Å²) in [7, 11) is 7.11. The Balaban J connectivity index is 1.47. The van der Waals surface area contributed by atoms with Crippen molar-refractivity contribution >= 4 is 28.5 Å². The number of aromatic nitrogens is 1. The van der Waals surface area contributed by atoms with E-state index in [9.17, 15) is 19.3 Å². The van der Waals surface area contributed by atoms with Crippen LogP contribution in [0.5, 0.6) is 0 Å². The number of nitrogens with zero attached hydrogens (tertiary/aromatic N) is 5. The summed E-state index contributed by atoms with van der Waals surface area (Å²) in [6, 6.07) is 8.40. The molecule has 0 bridgehead atoms. The van der Waals surface area contributed by atoms with Gasteiger partial charge in [0.15, 0.2) is 0 Å². The molecule has 0 aliphatic carbocycles. The minimum atomic E-state index is -0.746. The van der Waals surface area contributed by atoms with Gasteiger partial charge in [-0.1, -0.05) is 79.2 Å². The van der Waals surface area contributed by atoms with E-state index in [4.69, 9.17) is 9.47 Å². The molecule has 4 rings (SSSR count). The van der Waals surface area contributed by atoms with Crippen molar-refractivity contribution in [2.75, 3.05) is 41.3 Å². The van der Waals surface area contributed by atoms with Crippen LogP contribution in [0.25, 0.3) is 10.8 Å². The first kappa shape index (κ1) is 43.6. The minimum Gasteiger partial charge on any atom is -0.468 e. The Morgan fingerprint density at radius 3 is 2.33 bits per heavy atom. The van der Waals surface area contributed by atoms with E-state index >= 15 is 0 Å². The van der Waals surface area contributed by atoms with Crippen LogP contribution in [0.15, 0.2) is 53.3 Å². The predicted octanol–water partition coefficient (Wildman–Crippen LogP) is 5.33. The second kappa shape index (κ2) is 19.7. The maximum atomic E-state index is 14.3. The summed E-state index contributed by atoms with van der Waals surface area (Å²) in [6.45, 7) is 14.9. The molecule has 1 aromatic carbocycles. The van der Waals surface area contributed by atoms with Crippen LogP contribution < -0.4 is 10.6 Å². The molecule has 1 aromatic heterocycles. The van der Waals surface area contributed by atoms with Gasteiger partial charge in [-0.3, -0.25) is 24.3 Å². The summed E-state index contributed by atoms with van der Waals surface area (Å²) in [5, 5.41) is 11.7. The van der Waals surface area contributed by atoms with Gasteiger partial charge in [0, 0.05) is 62.5 Å². The summed E-state index contributed by atoms with van der Waals surface area (Å²) >= 11 is 0. The van der Waals surface area contributed by atoms with E-state index < -0.39 is 30.2 Å². The Hall–Kier alpha value is -4.10. The highest BCUT2D eigenvalue weighted by Crippen LogP contribution is 2.39. The maximum absolute atomic E-state index is 14.3. The number of likely N-dealkylation sites (N-methyl/N-ethyl adjacent to an activating group) is 2. The van der Waals surface area contributed by atoms with E-state index in [-0.39, 0.29) is 53.4 Å². The Labute approximate surface area is 327 Å². The molecule has 2 N–H and O–H groups in total. The van der Waals surface area contributed by atoms with E-state index in [1.165, 1.54) is 0 Å². The number of amides is 3. The molecule has 2 aliphatic rings. The molecular formula is C42H65N7O6. The van der Waals surface area contributed by atoms with Crippen molar-refractivity contribution < 1.29 is 23.9 Å². The number of nitrogens with one attached hydrogen (secondary N) is 2. The summed E-state index contributed by atoms with van der Waals surface area (Å²) in [5.74, 6) is -1.07. The maximum Gasteiger partial charge on any atom is 0.275 e. The molecule has 1 fully saturated rings. The first-order chi connectivity index (χ1) is 26.1. The number of hydrogen-bond donors (Lipinski definition) is 2. The van der Waals surface area contributed by atoms with E-state index in [2.05, 4.69) is 51.7 Å². The van der Waals surface area contributed by atoms with Crippen LogP contribution in [0.1, 0.15) is 79.8 Å². The molecule has 3 amide bonds. The number of benzene rings is 1. The highest BCUT2D eigenvalue weighted by molar-refractivity contribution is 5.90. The number of fused-ring (bicyclic) bond motifs is 1. The topological polar surface area (TPSA) is 146 Å². The van der Waals surface area contributed by atoms with Gasteiger partial charge in [-0.05, 0) is 56.1 Å². The second-order valence-corrected chi connectivity index (χ2v) is 16.4. The van der Waals surface area contributed by atoms with Crippen LogP contribution in [-0.4, -0.2) is 115 Å². The second-order valence-electron chi connectivity index (χ2n) is 16.4. The van der Waals surface area contributed by atoms with Crippen molar-refractivity contribution in [3.05, 3.63) is 58.7 Å². The van der Waals surface area contributed by atoms with Gasteiger partial charge < -0.3 is 29.9 Å². The molecule has 0 spiro atoms. The zero-order valence-electron chi connectivity index (χ0n) is 34.9. The van der Waals surface area contributed by atoms with Gasteiger partial charge in [-0.25, -0.2) is 0 Å². The number of carbonyl (C=O) groups is 3. The largest absolute Gasteiger partial charge is 0.468 e. The Morgan fingerprint density at radius 1 is 1.04 bits per heavy atom. The van der Waals surface area contributed by atoms with Crippen LogP contribution in [-0.2, 0) is 30.3 Å². The fraction of sp³-hybridized carbons (Fsp3) is 0.667. The third-order valence-electron chi connectivity index (χ3n) is 11.6. The van der Waals surface area contributed by atoms with E-state index in [0.29, 0.717) is 31.6 Å². The molecule has 1 saturated heterocycles. The summed E-state index contributed by atoms with van der Waals surface area (Å²) in [5.41, 5.74) is 1.58. The number of nitroso groups, excluding NO2 is 1. The van der Waals surface area contributed by atoms with Crippen molar-refractivity contribution in [1.82, 2.24) is 30.3 Å². The first-order valence-electron chi connectivity index (χ1n) is 20.0. The number of rotatable bonds is 19. The SMILES string of the molecule is CC[C@H](C)C([C@H]1CC(N2CCC[C@H]2[C@H](OC)[C@@H](C)C(=O)NCCc2cc3ccccc3cn2)=C(N=O)O1)N(C)C(=O)[C@@H](NC(=O)[C@H](C(C)C)N(C)C)C(C)C. The minimum absolute atomic E-state index is 0.00882. The third-order valence-corrected chi connectivity index (χ3v) is 11.6. The fourth-order valence-corrected chi connectivity index (χ4v) is 8.58. The molecule has 2 aromatic rings. The van der Waals surface area contributed by atoms with Gasteiger partial charge >= 0.3 is 0 Å². The molecule has 2 aliphatic heterocycles. The van der Waals surface area contributed by atoms with Crippen molar-refractivity contribution in [1.29, 1.82) is 0 Å². The quantitative estimate of drug-likeness (QED) is 0.181. The average Bonchev–Trinajstić information content (AvgIpc) is 3.80. The number of ether oxygens (including phenoxy) is 2. The lowest BCUT2D eigenvalue weighted by Crippen LogP contribution is -2.59. The van der Waals surface area contributed by atoms with Gasteiger partial charge in [0.25, 0.3) is 5.88 Å². The standard InChI is InChI=1S/C42H65N7O6/c1-12-27(6)37(48(10)42(52)35(25(2)3)45-40(51)36(26(4)5)47(8)9)34-23-33(41(46-53)55-34)49-21-15-18-32(49)38(54-11)28(7)39(50)43-20-19-31-22-29-16-13-14-17-30(29)24-44-31/h13-14,16-17,22,24-28,32,34-38H,12,15,18-21,23H2,1-11H3,(H,43,50)(H,45,51)/t27-,28+,32-,34+,35-,36-,37?,38+/m0/s1. The lowest BCUT2D eigenvalue weighted by Gasteiger charge is -2.39. The molecule has 13 heteroatoms. The summed E-state index contributed by atoms with van der Waals surface area (Å²) in [4.78, 5) is 63.9. The monoisotopic (exact) mass is 763 g/mol. The number of likely N-dealkylation sites (tertiary alicyclic amines) is 1. The number of carbonyl (C=O) groups excluding carboxylic acids is 3. The van der Waals surface area contributed by atoms with Crippen molar-refractivity contribution in [3.63, 3.8) is 0 Å². The van der Waals surface area contributed by atoms with Crippen LogP contribution >= 0.6 is 0 Å². The van der Waals surface area contributed by atoms with Gasteiger partial charge in [0.05, 0.1) is 35.8 Å². The Morgan fingerprint density at radius 2 is 1.73 bits per heavy atom. The van der Waals surface area contributed by atoms with E-state index in [1.54, 1.807) is 19.1 Å². The molecule has 3 heterocycles. The lowest BCUT2D eigenvalue weighted by atomic mass is 9.89. The van der Waals surface area contributed by atoms with Crippen molar-refractivity contribution in [2.24, 2.45) is 28.8 Å². The third kappa shape index (κ3) is 10.2. The van der Waals surface area contributed by atoms with Crippen molar-refractivity contribution in [2.45, 2.75) is 117 Å². The Kier molecular flexibility index (Phi) is 15.6. The molecule has 0 saturated carbocycles. The predicted molar refractivity (Wildman–Crippen MR) is 216 cm³/mol. The molecule has 13 nitrogen and oxygen atoms in total. The highest BCUT2D eigenvalue weighted by Gasteiger charge is 2.46. The normalized spacial score (nSPS) is 20.7. The summed E-state index contributed by atoms with van der Waals surface area (Å²) in [6.07, 6.45) is 4.22. The molecular weight excluding hydrogens is 699 g/mol. The lowest BCUT2D eigenvalue weighted by molar-refractivity contribution is -0.143. The fourth-order valence-electron chi connectivity index (χ4n) is 8.58. The average molecular weight is 764 g/mol. The highest BCUT2D eigenvalue weighted by atomic mass is 16.5. The molecule has 55 heavy (non-hydrogen) atoms. The van der Waals surface area contributed by atoms with Crippen LogP contribution in [0.2, 0.25) is 0 Å². The number of methoxy groups -OCH3 is 1. The summed E-state index contributed by atoms with van der Waals surface area (Å²) < 4.78 is 12.4. The number of pyridine rings is 1. The smallest absolute Gasteiger partial charge is 0.275 e. The molecule has 8 atom stereocenters. The molecule has 304 valence electrons. The van der Waals surface area contributed by atoms with Crippen LogP contribution in [0.3, 0.4) is 0 Å². The molecule has 1 unspecified atom stereocenters. The van der Waals surface area contributed by atoms with E-state index in [1.807, 2.05) is 78.0 Å². The van der Waals surface area contributed by atoms with Gasteiger partial charge in [0.1, 0.15) is 12.1 Å².